The van der Waals surface area contributed by atoms with Crippen molar-refractivity contribution in [3.05, 3.63) is 0 Å². The summed E-state index contributed by atoms with van der Waals surface area (Å²) in [6.07, 6.45) is 6.60. The highest BCUT2D eigenvalue weighted by molar-refractivity contribution is 5.67. The lowest BCUT2D eigenvalue weighted by molar-refractivity contribution is 0.0653. The predicted molar refractivity (Wildman–Crippen MR) is 60.9 cm³/mol. The predicted octanol–water partition coefficient (Wildman–Crippen LogP) is 3.19. The van der Waals surface area contributed by atoms with Crippen LogP contribution in [0.25, 0.3) is 0 Å². The smallest absolute Gasteiger partial charge is 0.410 e. The average Bonchev–Trinajstić information content (AvgIpc) is 2.70. The third-order valence-corrected chi connectivity index (χ3v) is 2.81. The largest absolute Gasteiger partial charge is 0.446 e. The van der Waals surface area contributed by atoms with Gasteiger partial charge in [-0.25, -0.2) is 4.79 Å². The van der Waals surface area contributed by atoms with Crippen LogP contribution in [-0.4, -0.2) is 30.2 Å². The van der Waals surface area contributed by atoms with Crippen molar-refractivity contribution in [1.29, 1.82) is 0 Å². The van der Waals surface area contributed by atoms with Gasteiger partial charge < -0.3 is 9.64 Å². The minimum Gasteiger partial charge on any atom is -0.446 e. The molecular weight excluding hydrogens is 190 g/mol. The normalized spacial score (nSPS) is 16.7. The average molecular weight is 213 g/mol. The molecule has 88 valence electrons. The van der Waals surface area contributed by atoms with Crippen molar-refractivity contribution in [3.8, 4) is 0 Å². The first-order valence-electron chi connectivity index (χ1n) is 6.23. The number of amides is 1. The Bertz CT molecular complexity index is 182. The number of hydrogen-bond donors (Lipinski definition) is 0. The Morgan fingerprint density at radius 1 is 1.20 bits per heavy atom. The molecule has 15 heavy (non-hydrogen) atoms. The van der Waals surface area contributed by atoms with Gasteiger partial charge >= 0.3 is 6.09 Å². The van der Waals surface area contributed by atoms with Gasteiger partial charge in [-0.2, -0.15) is 0 Å². The molecular formula is C12H23NO2. The summed E-state index contributed by atoms with van der Waals surface area (Å²) < 4.78 is 5.47. The van der Waals surface area contributed by atoms with Gasteiger partial charge in [0.1, 0.15) is 6.10 Å². The van der Waals surface area contributed by atoms with Crippen molar-refractivity contribution >= 4 is 6.09 Å². The molecule has 0 radical (unpaired) electrons. The number of rotatable bonds is 5. The molecule has 0 aliphatic heterocycles. The van der Waals surface area contributed by atoms with Crippen molar-refractivity contribution in [1.82, 2.24) is 4.90 Å². The standard InChI is InChI=1S/C12H23NO2/c1-3-9-13(10-4-2)12(14)15-11-7-5-6-8-11/h11H,3-10H2,1-2H3. The fourth-order valence-corrected chi connectivity index (χ4v) is 2.06. The Labute approximate surface area is 92.8 Å². The van der Waals surface area contributed by atoms with Crippen molar-refractivity contribution in [2.75, 3.05) is 13.1 Å². The molecule has 0 aromatic carbocycles. The van der Waals surface area contributed by atoms with E-state index in [0.29, 0.717) is 0 Å². The molecule has 0 saturated heterocycles. The van der Waals surface area contributed by atoms with Crippen LogP contribution in [0.2, 0.25) is 0 Å². The molecule has 0 heterocycles. The molecule has 3 nitrogen and oxygen atoms in total. The van der Waals surface area contributed by atoms with E-state index < -0.39 is 0 Å². The Morgan fingerprint density at radius 3 is 2.20 bits per heavy atom. The van der Waals surface area contributed by atoms with Crippen LogP contribution in [0.3, 0.4) is 0 Å². The summed E-state index contributed by atoms with van der Waals surface area (Å²) in [6, 6.07) is 0. The van der Waals surface area contributed by atoms with Gasteiger partial charge in [0.15, 0.2) is 0 Å². The summed E-state index contributed by atoms with van der Waals surface area (Å²) in [5, 5.41) is 0. The van der Waals surface area contributed by atoms with Crippen molar-refractivity contribution in [3.63, 3.8) is 0 Å². The molecule has 0 bridgehead atoms. The maximum absolute atomic E-state index is 11.8. The summed E-state index contributed by atoms with van der Waals surface area (Å²) in [6.45, 7) is 5.82. The number of ether oxygens (including phenoxy) is 1. The fraction of sp³-hybridized carbons (Fsp3) is 0.917. The maximum atomic E-state index is 11.8. The Morgan fingerprint density at radius 2 is 1.73 bits per heavy atom. The van der Waals surface area contributed by atoms with Crippen LogP contribution >= 0.6 is 0 Å². The van der Waals surface area contributed by atoms with Crippen LogP contribution in [0.1, 0.15) is 52.4 Å². The monoisotopic (exact) mass is 213 g/mol. The Hall–Kier alpha value is -0.730. The summed E-state index contributed by atoms with van der Waals surface area (Å²) >= 11 is 0. The second-order valence-electron chi connectivity index (χ2n) is 4.28. The number of carbonyl (C=O) groups is 1. The van der Waals surface area contributed by atoms with Crippen molar-refractivity contribution < 1.29 is 9.53 Å². The zero-order valence-corrected chi connectivity index (χ0v) is 10.00. The fourth-order valence-electron chi connectivity index (χ4n) is 2.06. The van der Waals surface area contributed by atoms with Crippen LogP contribution < -0.4 is 0 Å². The second-order valence-corrected chi connectivity index (χ2v) is 4.28. The molecule has 3 heteroatoms. The number of hydrogen-bond acceptors (Lipinski definition) is 2. The summed E-state index contributed by atoms with van der Waals surface area (Å²) in [7, 11) is 0. The van der Waals surface area contributed by atoms with E-state index in [1.54, 1.807) is 0 Å². The Kier molecular flexibility index (Phi) is 5.51. The van der Waals surface area contributed by atoms with Crippen molar-refractivity contribution in [2.45, 2.75) is 58.5 Å². The molecule has 1 fully saturated rings. The SMILES string of the molecule is CCCN(CCC)C(=O)OC1CCCC1. The highest BCUT2D eigenvalue weighted by Gasteiger charge is 2.22. The minimum atomic E-state index is -0.106. The highest BCUT2D eigenvalue weighted by atomic mass is 16.6. The van der Waals surface area contributed by atoms with Crippen LogP contribution in [0.15, 0.2) is 0 Å². The maximum Gasteiger partial charge on any atom is 0.410 e. The van der Waals surface area contributed by atoms with Gasteiger partial charge in [-0.1, -0.05) is 13.8 Å². The van der Waals surface area contributed by atoms with Gasteiger partial charge in [0, 0.05) is 13.1 Å². The van der Waals surface area contributed by atoms with Crippen LogP contribution in [0, 0.1) is 0 Å². The van der Waals surface area contributed by atoms with E-state index >= 15 is 0 Å². The van der Waals surface area contributed by atoms with Crippen LogP contribution in [0.4, 0.5) is 4.79 Å². The van der Waals surface area contributed by atoms with E-state index in [9.17, 15) is 4.79 Å². The van der Waals surface area contributed by atoms with Gasteiger partial charge in [-0.3, -0.25) is 0 Å². The number of nitrogens with zero attached hydrogens (tertiary/aromatic N) is 1. The first-order chi connectivity index (χ1) is 7.27. The second kappa shape index (κ2) is 6.70. The van der Waals surface area contributed by atoms with E-state index in [1.165, 1.54) is 12.8 Å². The summed E-state index contributed by atoms with van der Waals surface area (Å²) in [4.78, 5) is 13.6. The van der Waals surface area contributed by atoms with Gasteiger partial charge in [0.2, 0.25) is 0 Å². The highest BCUT2D eigenvalue weighted by Crippen LogP contribution is 2.21. The van der Waals surface area contributed by atoms with Crippen molar-refractivity contribution in [2.24, 2.45) is 0 Å². The molecule has 0 aromatic heterocycles. The summed E-state index contributed by atoms with van der Waals surface area (Å²) in [5.74, 6) is 0. The lowest BCUT2D eigenvalue weighted by Gasteiger charge is -2.23. The molecule has 1 saturated carbocycles. The van der Waals surface area contributed by atoms with E-state index in [0.717, 1.165) is 38.8 Å². The molecule has 0 N–H and O–H groups in total. The molecule has 0 atom stereocenters. The molecule has 0 spiro atoms. The molecule has 1 aliphatic carbocycles. The van der Waals surface area contributed by atoms with E-state index in [4.69, 9.17) is 4.74 Å². The van der Waals surface area contributed by atoms with E-state index in [2.05, 4.69) is 13.8 Å². The van der Waals surface area contributed by atoms with Crippen LogP contribution in [0.5, 0.6) is 0 Å². The zero-order valence-electron chi connectivity index (χ0n) is 10.00. The van der Waals surface area contributed by atoms with E-state index in [-0.39, 0.29) is 12.2 Å². The lowest BCUT2D eigenvalue weighted by atomic mass is 10.3. The quantitative estimate of drug-likeness (QED) is 0.702. The molecule has 0 aromatic rings. The molecule has 1 amide bonds. The Balaban J connectivity index is 2.33. The van der Waals surface area contributed by atoms with Crippen LogP contribution in [-0.2, 0) is 4.74 Å². The van der Waals surface area contributed by atoms with Gasteiger partial charge in [0.25, 0.3) is 0 Å². The van der Waals surface area contributed by atoms with E-state index in [1.807, 2.05) is 4.90 Å². The van der Waals surface area contributed by atoms with Gasteiger partial charge in [-0.05, 0) is 38.5 Å². The first-order valence-corrected chi connectivity index (χ1v) is 6.23. The van der Waals surface area contributed by atoms with Gasteiger partial charge in [0.05, 0.1) is 0 Å². The lowest BCUT2D eigenvalue weighted by Crippen LogP contribution is -2.35. The zero-order chi connectivity index (χ0) is 11.1. The minimum absolute atomic E-state index is 0.106. The number of carbonyl (C=O) groups excluding carboxylic acids is 1. The third-order valence-electron chi connectivity index (χ3n) is 2.81. The molecule has 1 rings (SSSR count). The first kappa shape index (κ1) is 12.3. The van der Waals surface area contributed by atoms with Gasteiger partial charge in [-0.15, -0.1) is 0 Å². The third kappa shape index (κ3) is 4.10. The summed E-state index contributed by atoms with van der Waals surface area (Å²) in [5.41, 5.74) is 0. The molecule has 0 unspecified atom stereocenters. The topological polar surface area (TPSA) is 29.5 Å². The molecule has 1 aliphatic rings.